The lowest BCUT2D eigenvalue weighted by atomic mass is 10.3. The summed E-state index contributed by atoms with van der Waals surface area (Å²) in [5.74, 6) is 0. The first kappa shape index (κ1) is 6.39. The van der Waals surface area contributed by atoms with Gasteiger partial charge in [0.2, 0.25) is 0 Å². The van der Waals surface area contributed by atoms with E-state index in [1.165, 1.54) is 0 Å². The maximum atomic E-state index is 5.03. The van der Waals surface area contributed by atoms with E-state index in [9.17, 15) is 0 Å². The predicted octanol–water partition coefficient (Wildman–Crippen LogP) is 0.798. The molecule has 0 aromatic carbocycles. The van der Waals surface area contributed by atoms with Crippen molar-refractivity contribution in [2.45, 2.75) is 19.4 Å². The van der Waals surface area contributed by atoms with Gasteiger partial charge < -0.3 is 9.47 Å². The van der Waals surface area contributed by atoms with Gasteiger partial charge in [0.25, 0.3) is 0 Å². The molecule has 1 atom stereocenters. The first-order valence-electron chi connectivity index (χ1n) is 3.11. The second-order valence-electron chi connectivity index (χ2n) is 1.97. The van der Waals surface area contributed by atoms with Gasteiger partial charge in [-0.15, -0.1) is 0 Å². The summed E-state index contributed by atoms with van der Waals surface area (Å²) in [5, 5.41) is 0. The summed E-state index contributed by atoms with van der Waals surface area (Å²) in [6.07, 6.45) is 1.45. The Morgan fingerprint density at radius 1 is 1.89 bits per heavy atom. The second kappa shape index (κ2) is 2.71. The van der Waals surface area contributed by atoms with E-state index in [-0.39, 0.29) is 0 Å². The Labute approximate surface area is 54.7 Å². The molecule has 3 nitrogen and oxygen atoms in total. The summed E-state index contributed by atoms with van der Waals surface area (Å²) < 4.78 is 9.80. The molecule has 1 unspecified atom stereocenters. The van der Waals surface area contributed by atoms with E-state index in [0.29, 0.717) is 18.7 Å². The van der Waals surface area contributed by atoms with Crippen molar-refractivity contribution in [3.05, 3.63) is 0 Å². The molecule has 52 valence electrons. The fourth-order valence-corrected chi connectivity index (χ4v) is 0.712. The molecule has 1 aliphatic heterocycles. The summed E-state index contributed by atoms with van der Waals surface area (Å²) in [4.78, 5) is 4.10. The molecule has 0 aliphatic carbocycles. The molecule has 1 aliphatic rings. The third-order valence-electron chi connectivity index (χ3n) is 1.33. The van der Waals surface area contributed by atoms with Crippen molar-refractivity contribution in [2.24, 2.45) is 4.99 Å². The summed E-state index contributed by atoms with van der Waals surface area (Å²) in [6, 6.07) is 0.319. The Morgan fingerprint density at radius 2 is 2.67 bits per heavy atom. The number of nitrogens with zero attached hydrogens (tertiary/aromatic N) is 1. The lowest BCUT2D eigenvalue weighted by Crippen LogP contribution is -2.03. The van der Waals surface area contributed by atoms with Crippen LogP contribution in [0.15, 0.2) is 4.99 Å². The minimum atomic E-state index is 0.319. The normalized spacial score (nSPS) is 25.1. The van der Waals surface area contributed by atoms with Gasteiger partial charge in [-0.25, -0.2) is 4.99 Å². The van der Waals surface area contributed by atoms with Crippen LogP contribution in [0, 0.1) is 0 Å². The van der Waals surface area contributed by atoms with Crippen molar-refractivity contribution in [3.8, 4) is 0 Å². The lowest BCUT2D eigenvalue weighted by Gasteiger charge is -1.96. The molecule has 9 heavy (non-hydrogen) atoms. The monoisotopic (exact) mass is 129 g/mol. The second-order valence-corrected chi connectivity index (χ2v) is 1.97. The predicted molar refractivity (Wildman–Crippen MR) is 34.5 cm³/mol. The molecule has 3 heteroatoms. The SMILES string of the molecule is CCC1COC(OC)=N1. The van der Waals surface area contributed by atoms with Crippen LogP contribution >= 0.6 is 0 Å². The van der Waals surface area contributed by atoms with Gasteiger partial charge in [0.05, 0.1) is 13.2 Å². The maximum absolute atomic E-state index is 5.03. The average molecular weight is 129 g/mol. The van der Waals surface area contributed by atoms with Gasteiger partial charge in [-0.3, -0.25) is 0 Å². The zero-order chi connectivity index (χ0) is 6.69. The first-order valence-corrected chi connectivity index (χ1v) is 3.11. The molecule has 0 fully saturated rings. The first-order chi connectivity index (χ1) is 4.36. The van der Waals surface area contributed by atoms with Gasteiger partial charge in [-0.05, 0) is 6.42 Å². The topological polar surface area (TPSA) is 30.8 Å². The van der Waals surface area contributed by atoms with Crippen molar-refractivity contribution < 1.29 is 9.47 Å². The number of ether oxygens (including phenoxy) is 2. The highest BCUT2D eigenvalue weighted by molar-refractivity contribution is 5.68. The number of hydrogen-bond donors (Lipinski definition) is 0. The molecule has 0 bridgehead atoms. The Bertz CT molecular complexity index is 122. The van der Waals surface area contributed by atoms with Crippen LogP contribution < -0.4 is 0 Å². The summed E-state index contributed by atoms with van der Waals surface area (Å²) in [5.41, 5.74) is 0. The Balaban J connectivity index is 2.40. The molecule has 1 heterocycles. The van der Waals surface area contributed by atoms with Gasteiger partial charge in [-0.1, -0.05) is 6.92 Å². The van der Waals surface area contributed by atoms with Crippen LogP contribution in [0.25, 0.3) is 0 Å². The molecule has 0 saturated carbocycles. The highest BCUT2D eigenvalue weighted by Gasteiger charge is 2.16. The lowest BCUT2D eigenvalue weighted by molar-refractivity contribution is 0.219. The van der Waals surface area contributed by atoms with Crippen LogP contribution in [0.3, 0.4) is 0 Å². The zero-order valence-corrected chi connectivity index (χ0v) is 5.76. The van der Waals surface area contributed by atoms with Crippen LogP contribution in [0.1, 0.15) is 13.3 Å². The van der Waals surface area contributed by atoms with E-state index in [4.69, 9.17) is 9.47 Å². The van der Waals surface area contributed by atoms with Crippen LogP contribution in [-0.4, -0.2) is 25.8 Å². The number of rotatable bonds is 1. The molecule has 0 spiro atoms. The summed E-state index contributed by atoms with van der Waals surface area (Å²) in [6.45, 7) is 2.76. The average Bonchev–Trinajstić information content (AvgIpc) is 2.34. The number of aliphatic imine (C=N–C) groups is 1. The van der Waals surface area contributed by atoms with Gasteiger partial charge in [-0.2, -0.15) is 0 Å². The standard InChI is InChI=1S/C6H11NO2/c1-3-5-4-9-6(7-5)8-2/h5H,3-4H2,1-2H3. The molecule has 0 N–H and O–H groups in total. The molecule has 0 amide bonds. The van der Waals surface area contributed by atoms with Gasteiger partial charge in [0.15, 0.2) is 0 Å². The van der Waals surface area contributed by atoms with Crippen LogP contribution in [0.2, 0.25) is 0 Å². The van der Waals surface area contributed by atoms with Crippen molar-refractivity contribution in [1.82, 2.24) is 0 Å². The van der Waals surface area contributed by atoms with Crippen LogP contribution in [0.5, 0.6) is 0 Å². The summed E-state index contributed by atoms with van der Waals surface area (Å²) >= 11 is 0. The Kier molecular flexibility index (Phi) is 1.92. The molecule has 0 radical (unpaired) electrons. The van der Waals surface area contributed by atoms with Crippen molar-refractivity contribution in [1.29, 1.82) is 0 Å². The van der Waals surface area contributed by atoms with Crippen molar-refractivity contribution >= 4 is 6.08 Å². The maximum Gasteiger partial charge on any atom is 0.383 e. The largest absolute Gasteiger partial charge is 0.454 e. The number of methoxy groups -OCH3 is 1. The van der Waals surface area contributed by atoms with Crippen molar-refractivity contribution in [2.75, 3.05) is 13.7 Å². The molecule has 0 saturated heterocycles. The summed E-state index contributed by atoms with van der Waals surface area (Å²) in [7, 11) is 1.57. The molecule has 1 rings (SSSR count). The highest BCUT2D eigenvalue weighted by atomic mass is 16.7. The molecule has 0 aromatic heterocycles. The third kappa shape index (κ3) is 1.34. The fraction of sp³-hybridized carbons (Fsp3) is 0.833. The van der Waals surface area contributed by atoms with Gasteiger partial charge in [0, 0.05) is 0 Å². The zero-order valence-electron chi connectivity index (χ0n) is 5.76. The van der Waals surface area contributed by atoms with E-state index in [2.05, 4.69) is 11.9 Å². The van der Waals surface area contributed by atoms with E-state index < -0.39 is 0 Å². The van der Waals surface area contributed by atoms with Crippen LogP contribution in [0.4, 0.5) is 0 Å². The molecular formula is C6H11NO2. The quantitative estimate of drug-likeness (QED) is 0.524. The minimum absolute atomic E-state index is 0.319. The smallest absolute Gasteiger partial charge is 0.383 e. The fourth-order valence-electron chi connectivity index (χ4n) is 0.712. The van der Waals surface area contributed by atoms with Crippen molar-refractivity contribution in [3.63, 3.8) is 0 Å². The highest BCUT2D eigenvalue weighted by Crippen LogP contribution is 2.07. The van der Waals surface area contributed by atoms with E-state index in [0.717, 1.165) is 6.42 Å². The van der Waals surface area contributed by atoms with E-state index in [1.54, 1.807) is 7.11 Å². The number of hydrogen-bond acceptors (Lipinski definition) is 3. The Morgan fingerprint density at radius 3 is 3.00 bits per heavy atom. The van der Waals surface area contributed by atoms with E-state index >= 15 is 0 Å². The van der Waals surface area contributed by atoms with Crippen LogP contribution in [-0.2, 0) is 9.47 Å². The minimum Gasteiger partial charge on any atom is -0.454 e. The Hall–Kier alpha value is -0.730. The van der Waals surface area contributed by atoms with E-state index in [1.807, 2.05) is 0 Å². The van der Waals surface area contributed by atoms with Gasteiger partial charge in [0.1, 0.15) is 6.61 Å². The molecule has 0 aromatic rings. The third-order valence-corrected chi connectivity index (χ3v) is 1.33. The van der Waals surface area contributed by atoms with Gasteiger partial charge >= 0.3 is 6.08 Å². The molecular weight excluding hydrogens is 118 g/mol.